The Morgan fingerprint density at radius 1 is 1.29 bits per heavy atom. The molecule has 1 aromatic carbocycles. The Bertz CT molecular complexity index is 811. The fourth-order valence-electron chi connectivity index (χ4n) is 2.05. The number of aromatic hydroxyl groups is 1. The predicted molar refractivity (Wildman–Crippen MR) is 76.0 cm³/mol. The van der Waals surface area contributed by atoms with Crippen LogP contribution in [-0.2, 0) is 4.74 Å². The van der Waals surface area contributed by atoms with Gasteiger partial charge >= 0.3 is 5.97 Å². The molecule has 0 saturated carbocycles. The van der Waals surface area contributed by atoms with Crippen molar-refractivity contribution in [1.82, 2.24) is 14.6 Å². The molecule has 0 aliphatic rings. The van der Waals surface area contributed by atoms with E-state index in [1.807, 2.05) is 0 Å². The van der Waals surface area contributed by atoms with Crippen LogP contribution in [0.15, 0.2) is 42.6 Å². The highest BCUT2D eigenvalue weighted by Crippen LogP contribution is 2.27. The van der Waals surface area contributed by atoms with Gasteiger partial charge in [-0.05, 0) is 31.2 Å². The number of benzene rings is 1. The van der Waals surface area contributed by atoms with Crippen molar-refractivity contribution in [3.63, 3.8) is 0 Å². The zero-order chi connectivity index (χ0) is 14.8. The molecule has 0 unspecified atom stereocenters. The molecule has 0 atom stereocenters. The lowest BCUT2D eigenvalue weighted by Gasteiger charge is -2.05. The second-order valence-corrected chi connectivity index (χ2v) is 4.37. The van der Waals surface area contributed by atoms with Gasteiger partial charge in [-0.25, -0.2) is 14.3 Å². The maximum Gasteiger partial charge on any atom is 0.358 e. The molecule has 2 heterocycles. The van der Waals surface area contributed by atoms with Gasteiger partial charge in [0.2, 0.25) is 0 Å². The summed E-state index contributed by atoms with van der Waals surface area (Å²) in [5, 5.41) is 14.3. The van der Waals surface area contributed by atoms with Crippen molar-refractivity contribution < 1.29 is 14.6 Å². The number of rotatable bonds is 3. The molecule has 6 nitrogen and oxygen atoms in total. The normalized spacial score (nSPS) is 10.7. The summed E-state index contributed by atoms with van der Waals surface area (Å²) in [5.74, 6) is -0.353. The summed E-state index contributed by atoms with van der Waals surface area (Å²) in [4.78, 5) is 16.0. The van der Waals surface area contributed by atoms with Crippen LogP contribution in [0, 0.1) is 0 Å². The van der Waals surface area contributed by atoms with E-state index in [1.54, 1.807) is 43.3 Å². The number of aromatic nitrogens is 3. The second-order valence-electron chi connectivity index (χ2n) is 4.37. The molecule has 0 saturated heterocycles. The molecular formula is C15H13N3O3. The average molecular weight is 283 g/mol. The molecule has 2 aromatic heterocycles. The van der Waals surface area contributed by atoms with Gasteiger partial charge in [0.1, 0.15) is 5.75 Å². The van der Waals surface area contributed by atoms with E-state index in [-0.39, 0.29) is 18.1 Å². The van der Waals surface area contributed by atoms with Crippen molar-refractivity contribution in [2.24, 2.45) is 0 Å². The second kappa shape index (κ2) is 5.24. The molecule has 0 fully saturated rings. The predicted octanol–water partition coefficient (Wildman–Crippen LogP) is 2.28. The quantitative estimate of drug-likeness (QED) is 0.746. The van der Waals surface area contributed by atoms with Crippen molar-refractivity contribution in [2.75, 3.05) is 6.61 Å². The number of phenols is 1. The van der Waals surface area contributed by atoms with E-state index in [2.05, 4.69) is 10.1 Å². The Morgan fingerprint density at radius 3 is 2.86 bits per heavy atom. The van der Waals surface area contributed by atoms with Crippen LogP contribution in [0.1, 0.15) is 17.4 Å². The molecule has 6 heteroatoms. The Morgan fingerprint density at radius 2 is 2.10 bits per heavy atom. The molecule has 0 radical (unpaired) electrons. The van der Waals surface area contributed by atoms with Gasteiger partial charge in [0.05, 0.1) is 18.5 Å². The first-order chi connectivity index (χ1) is 10.2. The topological polar surface area (TPSA) is 76.7 Å². The molecule has 21 heavy (non-hydrogen) atoms. The number of esters is 1. The van der Waals surface area contributed by atoms with E-state index in [4.69, 9.17) is 4.74 Å². The largest absolute Gasteiger partial charge is 0.507 e. The van der Waals surface area contributed by atoms with Crippen molar-refractivity contribution in [2.45, 2.75) is 6.92 Å². The van der Waals surface area contributed by atoms with Crippen LogP contribution in [0.2, 0.25) is 0 Å². The lowest BCUT2D eigenvalue weighted by molar-refractivity contribution is 0.0517. The Labute approximate surface area is 120 Å². The zero-order valence-electron chi connectivity index (χ0n) is 11.4. The number of ether oxygens (including phenoxy) is 1. The minimum absolute atomic E-state index is 0.127. The van der Waals surface area contributed by atoms with Crippen LogP contribution >= 0.6 is 0 Å². The van der Waals surface area contributed by atoms with E-state index in [0.717, 1.165) is 0 Å². The number of hydrogen-bond donors (Lipinski definition) is 1. The van der Waals surface area contributed by atoms with Crippen molar-refractivity contribution in [3.8, 4) is 17.0 Å². The van der Waals surface area contributed by atoms with E-state index < -0.39 is 5.97 Å². The van der Waals surface area contributed by atoms with Crippen LogP contribution in [0.5, 0.6) is 5.75 Å². The third kappa shape index (κ3) is 2.31. The number of phenolic OH excluding ortho intramolecular Hbond substituents is 1. The highest BCUT2D eigenvalue weighted by atomic mass is 16.5. The Kier molecular flexibility index (Phi) is 3.27. The minimum Gasteiger partial charge on any atom is -0.507 e. The summed E-state index contributed by atoms with van der Waals surface area (Å²) in [6.07, 6.45) is 1.43. The van der Waals surface area contributed by atoms with Crippen molar-refractivity contribution in [1.29, 1.82) is 0 Å². The number of nitrogens with zero attached hydrogens (tertiary/aromatic N) is 3. The van der Waals surface area contributed by atoms with Gasteiger partial charge < -0.3 is 9.84 Å². The van der Waals surface area contributed by atoms with Gasteiger partial charge in [-0.15, -0.1) is 0 Å². The highest BCUT2D eigenvalue weighted by Gasteiger charge is 2.15. The number of para-hydroxylation sites is 1. The molecule has 0 amide bonds. The maximum absolute atomic E-state index is 11.9. The van der Waals surface area contributed by atoms with Crippen LogP contribution in [0.25, 0.3) is 16.9 Å². The summed E-state index contributed by atoms with van der Waals surface area (Å²) in [6, 6.07) is 10.4. The number of fused-ring (bicyclic) bond motifs is 1. The molecule has 0 aliphatic carbocycles. The zero-order valence-corrected chi connectivity index (χ0v) is 11.4. The minimum atomic E-state index is -0.480. The Balaban J connectivity index is 2.13. The molecule has 3 aromatic rings. The van der Waals surface area contributed by atoms with Gasteiger partial charge in [0.15, 0.2) is 11.3 Å². The van der Waals surface area contributed by atoms with E-state index in [0.29, 0.717) is 16.9 Å². The van der Waals surface area contributed by atoms with Crippen LogP contribution in [0.3, 0.4) is 0 Å². The molecule has 106 valence electrons. The third-order valence-electron chi connectivity index (χ3n) is 3.03. The number of imidazole rings is 1. The lowest BCUT2D eigenvalue weighted by Crippen LogP contribution is -2.09. The first-order valence-electron chi connectivity index (χ1n) is 6.51. The fourth-order valence-corrected chi connectivity index (χ4v) is 2.05. The number of hydrogen-bond acceptors (Lipinski definition) is 5. The van der Waals surface area contributed by atoms with Crippen molar-refractivity contribution >= 4 is 11.6 Å². The van der Waals surface area contributed by atoms with Crippen LogP contribution < -0.4 is 0 Å². The summed E-state index contributed by atoms with van der Waals surface area (Å²) in [7, 11) is 0. The highest BCUT2D eigenvalue weighted by molar-refractivity contribution is 5.88. The summed E-state index contributed by atoms with van der Waals surface area (Å²) < 4.78 is 6.39. The van der Waals surface area contributed by atoms with Gasteiger partial charge in [-0.3, -0.25) is 0 Å². The third-order valence-corrected chi connectivity index (χ3v) is 3.03. The number of carbonyl (C=O) groups is 1. The first-order valence-corrected chi connectivity index (χ1v) is 6.51. The molecule has 0 spiro atoms. The van der Waals surface area contributed by atoms with Gasteiger partial charge in [0.25, 0.3) is 0 Å². The van der Waals surface area contributed by atoms with Crippen LogP contribution in [0.4, 0.5) is 0 Å². The maximum atomic E-state index is 11.9. The first kappa shape index (κ1) is 13.1. The van der Waals surface area contributed by atoms with Crippen molar-refractivity contribution in [3.05, 3.63) is 48.3 Å². The van der Waals surface area contributed by atoms with Gasteiger partial charge in [0, 0.05) is 5.56 Å². The number of carbonyl (C=O) groups excluding carboxylic acids is 1. The molecular weight excluding hydrogens is 270 g/mol. The molecule has 0 bridgehead atoms. The summed E-state index contributed by atoms with van der Waals surface area (Å²) >= 11 is 0. The average Bonchev–Trinajstić information content (AvgIpc) is 2.91. The van der Waals surface area contributed by atoms with E-state index in [1.165, 1.54) is 10.7 Å². The fraction of sp³-hybridized carbons (Fsp3) is 0.133. The standard InChI is InChI=1S/C15H13N3O3/c1-2-21-15(20)12-9-16-14-8-7-11(17-18(12)14)10-5-3-4-6-13(10)19/h3-9,19H,2H2,1H3. The van der Waals surface area contributed by atoms with E-state index >= 15 is 0 Å². The van der Waals surface area contributed by atoms with Gasteiger partial charge in [-0.1, -0.05) is 12.1 Å². The van der Waals surface area contributed by atoms with E-state index in [9.17, 15) is 9.90 Å². The summed E-state index contributed by atoms with van der Waals surface area (Å²) in [6.45, 7) is 2.02. The SMILES string of the molecule is CCOC(=O)c1cnc2ccc(-c3ccccc3O)nn12. The smallest absolute Gasteiger partial charge is 0.358 e. The summed E-state index contributed by atoms with van der Waals surface area (Å²) in [5.41, 5.74) is 1.92. The molecule has 1 N–H and O–H groups in total. The Hall–Kier alpha value is -2.89. The molecule has 0 aliphatic heterocycles. The molecule has 3 rings (SSSR count). The monoisotopic (exact) mass is 283 g/mol. The lowest BCUT2D eigenvalue weighted by atomic mass is 10.1. The van der Waals surface area contributed by atoms with Crippen LogP contribution in [-0.4, -0.2) is 32.3 Å². The van der Waals surface area contributed by atoms with Gasteiger partial charge in [-0.2, -0.15) is 5.10 Å².